The van der Waals surface area contributed by atoms with Gasteiger partial charge in [-0.05, 0) is 36.4 Å². The topological polar surface area (TPSA) is 70.4 Å². The fourth-order valence-electron chi connectivity index (χ4n) is 0.930. The molecule has 1 heterocycles. The number of hydrogen-bond donors (Lipinski definition) is 2. The minimum atomic E-state index is -0.990. The summed E-state index contributed by atoms with van der Waals surface area (Å²) < 4.78 is 0. The number of phenols is 1. The van der Waals surface area contributed by atoms with Gasteiger partial charge in [-0.3, -0.25) is 0 Å². The number of pyridine rings is 1. The lowest BCUT2D eigenvalue weighted by atomic mass is 10.3. The van der Waals surface area contributed by atoms with Crippen molar-refractivity contribution in [2.75, 3.05) is 0 Å². The van der Waals surface area contributed by atoms with Crippen LogP contribution in [0.25, 0.3) is 0 Å². The van der Waals surface area contributed by atoms with E-state index in [1.165, 1.54) is 12.3 Å². The molecular formula is C12H10ClNO3. The van der Waals surface area contributed by atoms with Gasteiger partial charge >= 0.3 is 5.97 Å². The quantitative estimate of drug-likeness (QED) is 0.818. The van der Waals surface area contributed by atoms with E-state index in [1.807, 2.05) is 0 Å². The van der Waals surface area contributed by atoms with E-state index in [-0.39, 0.29) is 11.4 Å². The Kier molecular flexibility index (Phi) is 4.97. The molecule has 0 bridgehead atoms. The second-order valence-corrected chi connectivity index (χ2v) is 3.43. The van der Waals surface area contributed by atoms with Crippen LogP contribution in [0.4, 0.5) is 0 Å². The molecule has 88 valence electrons. The van der Waals surface area contributed by atoms with Crippen LogP contribution >= 0.6 is 11.6 Å². The molecule has 0 amide bonds. The number of phenolic OH excluding ortho intramolecular Hbond substituents is 1. The Balaban J connectivity index is 0.000000171. The van der Waals surface area contributed by atoms with Gasteiger partial charge in [-0.1, -0.05) is 17.7 Å². The molecule has 0 aliphatic carbocycles. The van der Waals surface area contributed by atoms with Crippen LogP contribution in [-0.2, 0) is 0 Å². The first-order chi connectivity index (χ1) is 8.09. The molecule has 0 unspecified atom stereocenters. The van der Waals surface area contributed by atoms with Crippen molar-refractivity contribution in [2.24, 2.45) is 0 Å². The maximum absolute atomic E-state index is 10.1. The summed E-state index contributed by atoms with van der Waals surface area (Å²) in [4.78, 5) is 13.7. The van der Waals surface area contributed by atoms with Gasteiger partial charge in [-0.2, -0.15) is 0 Å². The zero-order chi connectivity index (χ0) is 12.7. The highest BCUT2D eigenvalue weighted by Gasteiger charge is 1.98. The van der Waals surface area contributed by atoms with E-state index in [4.69, 9.17) is 21.8 Å². The van der Waals surface area contributed by atoms with Crippen LogP contribution in [0.2, 0.25) is 5.02 Å². The summed E-state index contributed by atoms with van der Waals surface area (Å²) in [5.41, 5.74) is 0.0810. The minimum absolute atomic E-state index is 0.0810. The predicted octanol–water partition coefficient (Wildman–Crippen LogP) is 2.83. The summed E-state index contributed by atoms with van der Waals surface area (Å²) in [7, 11) is 0. The number of halogens is 1. The molecular weight excluding hydrogens is 242 g/mol. The first-order valence-corrected chi connectivity index (χ1v) is 5.06. The van der Waals surface area contributed by atoms with E-state index in [0.29, 0.717) is 5.02 Å². The standard InChI is InChI=1S/C6H5ClO.C6H5NO2/c7-5-1-3-6(8)4-2-5;8-6(9)5-3-1-2-4-7-5/h1-4,8H;1-4H,(H,8,9). The molecule has 5 heteroatoms. The van der Waals surface area contributed by atoms with E-state index < -0.39 is 5.97 Å². The fraction of sp³-hybridized carbons (Fsp3) is 0. The van der Waals surface area contributed by atoms with Crippen molar-refractivity contribution in [2.45, 2.75) is 0 Å². The van der Waals surface area contributed by atoms with Gasteiger partial charge in [-0.15, -0.1) is 0 Å². The zero-order valence-electron chi connectivity index (χ0n) is 8.75. The molecule has 1 aromatic heterocycles. The van der Waals surface area contributed by atoms with Crippen LogP contribution in [0.5, 0.6) is 5.75 Å². The molecule has 0 aliphatic rings. The molecule has 0 atom stereocenters. The molecule has 0 fully saturated rings. The Morgan fingerprint density at radius 2 is 1.76 bits per heavy atom. The van der Waals surface area contributed by atoms with Gasteiger partial charge in [0.25, 0.3) is 0 Å². The number of hydrogen-bond acceptors (Lipinski definition) is 3. The van der Waals surface area contributed by atoms with Crippen LogP contribution < -0.4 is 0 Å². The van der Waals surface area contributed by atoms with Crippen LogP contribution in [0.3, 0.4) is 0 Å². The van der Waals surface area contributed by atoms with Crippen LogP contribution in [0, 0.1) is 0 Å². The molecule has 2 aromatic rings. The highest BCUT2D eigenvalue weighted by molar-refractivity contribution is 6.30. The molecule has 1 aromatic carbocycles. The summed E-state index contributed by atoms with van der Waals surface area (Å²) in [6.45, 7) is 0. The highest BCUT2D eigenvalue weighted by Crippen LogP contribution is 2.12. The molecule has 0 radical (unpaired) electrons. The van der Waals surface area contributed by atoms with E-state index in [0.717, 1.165) is 0 Å². The van der Waals surface area contributed by atoms with E-state index in [9.17, 15) is 4.79 Å². The summed E-state index contributed by atoms with van der Waals surface area (Å²) in [6.07, 6.45) is 1.45. The molecule has 0 saturated heterocycles. The minimum Gasteiger partial charge on any atom is -0.508 e. The smallest absolute Gasteiger partial charge is 0.354 e. The third-order valence-electron chi connectivity index (χ3n) is 1.71. The number of benzene rings is 1. The lowest BCUT2D eigenvalue weighted by molar-refractivity contribution is 0.0690. The van der Waals surface area contributed by atoms with Crippen molar-refractivity contribution in [3.05, 3.63) is 59.4 Å². The second kappa shape index (κ2) is 6.50. The number of carbonyl (C=O) groups is 1. The lowest BCUT2D eigenvalue weighted by Crippen LogP contribution is -1.97. The first-order valence-electron chi connectivity index (χ1n) is 4.68. The Bertz CT molecular complexity index is 450. The summed E-state index contributed by atoms with van der Waals surface area (Å²) in [5, 5.41) is 17.7. The van der Waals surface area contributed by atoms with E-state index >= 15 is 0 Å². The summed E-state index contributed by atoms with van der Waals surface area (Å²) in [6, 6.07) is 11.1. The molecule has 4 nitrogen and oxygen atoms in total. The van der Waals surface area contributed by atoms with Gasteiger partial charge in [0.1, 0.15) is 11.4 Å². The highest BCUT2D eigenvalue weighted by atomic mass is 35.5. The fourth-order valence-corrected chi connectivity index (χ4v) is 1.06. The van der Waals surface area contributed by atoms with E-state index in [1.54, 1.807) is 36.4 Å². The van der Waals surface area contributed by atoms with Crippen molar-refractivity contribution in [3.63, 3.8) is 0 Å². The van der Waals surface area contributed by atoms with Crippen molar-refractivity contribution in [1.29, 1.82) is 0 Å². The SMILES string of the molecule is O=C(O)c1ccccn1.Oc1ccc(Cl)cc1. The summed E-state index contributed by atoms with van der Waals surface area (Å²) in [5.74, 6) is -0.745. The Labute approximate surface area is 103 Å². The largest absolute Gasteiger partial charge is 0.508 e. The Morgan fingerprint density at radius 1 is 1.12 bits per heavy atom. The second-order valence-electron chi connectivity index (χ2n) is 3.00. The van der Waals surface area contributed by atoms with Gasteiger partial charge in [0, 0.05) is 11.2 Å². The van der Waals surface area contributed by atoms with Crippen molar-refractivity contribution >= 4 is 17.6 Å². The Morgan fingerprint density at radius 3 is 2.12 bits per heavy atom. The molecule has 0 saturated carbocycles. The maximum Gasteiger partial charge on any atom is 0.354 e. The average molecular weight is 252 g/mol. The maximum atomic E-state index is 10.1. The number of rotatable bonds is 1. The summed E-state index contributed by atoms with van der Waals surface area (Å²) >= 11 is 5.50. The van der Waals surface area contributed by atoms with Gasteiger partial charge in [-0.25, -0.2) is 9.78 Å². The molecule has 2 rings (SSSR count). The number of aromatic carboxylic acids is 1. The van der Waals surface area contributed by atoms with Crippen molar-refractivity contribution < 1.29 is 15.0 Å². The lowest BCUT2D eigenvalue weighted by Gasteiger charge is -1.87. The monoisotopic (exact) mass is 251 g/mol. The average Bonchev–Trinajstić information content (AvgIpc) is 2.35. The van der Waals surface area contributed by atoms with Gasteiger partial charge in [0.05, 0.1) is 0 Å². The van der Waals surface area contributed by atoms with Gasteiger partial charge in [0.15, 0.2) is 0 Å². The van der Waals surface area contributed by atoms with Crippen LogP contribution in [0.1, 0.15) is 10.5 Å². The van der Waals surface area contributed by atoms with Crippen LogP contribution in [-0.4, -0.2) is 21.2 Å². The molecule has 0 spiro atoms. The third-order valence-corrected chi connectivity index (χ3v) is 1.96. The van der Waals surface area contributed by atoms with Crippen LogP contribution in [0.15, 0.2) is 48.7 Å². The number of carboxylic acid groups (broad SMARTS) is 1. The number of carboxylic acids is 1. The molecule has 17 heavy (non-hydrogen) atoms. The van der Waals surface area contributed by atoms with Gasteiger partial charge < -0.3 is 10.2 Å². The zero-order valence-corrected chi connectivity index (χ0v) is 9.50. The molecule has 2 N–H and O–H groups in total. The number of aromatic hydroxyl groups is 1. The van der Waals surface area contributed by atoms with Crippen molar-refractivity contribution in [1.82, 2.24) is 4.98 Å². The van der Waals surface area contributed by atoms with Crippen molar-refractivity contribution in [3.8, 4) is 5.75 Å². The first kappa shape index (κ1) is 13.0. The number of nitrogens with zero attached hydrogens (tertiary/aromatic N) is 1. The van der Waals surface area contributed by atoms with Gasteiger partial charge in [0.2, 0.25) is 0 Å². The number of aromatic nitrogens is 1. The normalized spacial score (nSPS) is 9.00. The Hall–Kier alpha value is -2.07. The van der Waals surface area contributed by atoms with E-state index in [2.05, 4.69) is 4.98 Å². The third kappa shape index (κ3) is 4.99. The predicted molar refractivity (Wildman–Crippen MR) is 64.3 cm³/mol. The molecule has 0 aliphatic heterocycles.